The van der Waals surface area contributed by atoms with Crippen molar-refractivity contribution in [3.8, 4) is 5.75 Å². The Morgan fingerprint density at radius 3 is 2.29 bits per heavy atom. The molecule has 4 nitrogen and oxygen atoms in total. The molecule has 1 atom stereocenters. The third-order valence-electron chi connectivity index (χ3n) is 3.29. The minimum absolute atomic E-state index is 0.408. The quantitative estimate of drug-likeness (QED) is 0.769. The molecule has 5 heteroatoms. The van der Waals surface area contributed by atoms with Crippen LogP contribution in [0.3, 0.4) is 0 Å². The SMILES string of the molecule is CC(c1ccc(OB(O)O)cc1)N1CCCC1. The maximum absolute atomic E-state index is 8.68. The second-order valence-electron chi connectivity index (χ2n) is 4.43. The lowest BCUT2D eigenvalue weighted by Crippen LogP contribution is -2.23. The first-order chi connectivity index (χ1) is 8.16. The Balaban J connectivity index is 2.01. The Kier molecular flexibility index (Phi) is 4.04. The van der Waals surface area contributed by atoms with Crippen LogP contribution < -0.4 is 4.65 Å². The van der Waals surface area contributed by atoms with Crippen LogP contribution in [0.15, 0.2) is 24.3 Å². The maximum atomic E-state index is 8.68. The molecule has 0 amide bonds. The van der Waals surface area contributed by atoms with Crippen molar-refractivity contribution in [1.29, 1.82) is 0 Å². The van der Waals surface area contributed by atoms with E-state index in [0.29, 0.717) is 11.8 Å². The van der Waals surface area contributed by atoms with Gasteiger partial charge in [0, 0.05) is 6.04 Å². The molecule has 0 aliphatic carbocycles. The van der Waals surface area contributed by atoms with Gasteiger partial charge in [-0.15, -0.1) is 0 Å². The van der Waals surface area contributed by atoms with Gasteiger partial charge >= 0.3 is 7.32 Å². The summed E-state index contributed by atoms with van der Waals surface area (Å²) in [4.78, 5) is 2.46. The molecule has 2 N–H and O–H groups in total. The average Bonchev–Trinajstić information content (AvgIpc) is 2.82. The molecule has 0 bridgehead atoms. The molecule has 2 rings (SSSR count). The van der Waals surface area contributed by atoms with Crippen molar-refractivity contribution in [1.82, 2.24) is 4.90 Å². The molecule has 92 valence electrons. The smallest absolute Gasteiger partial charge is 0.512 e. The van der Waals surface area contributed by atoms with Crippen molar-refractivity contribution >= 4 is 7.32 Å². The van der Waals surface area contributed by atoms with E-state index in [1.165, 1.54) is 18.4 Å². The molecular formula is C12H18BNO3. The van der Waals surface area contributed by atoms with E-state index >= 15 is 0 Å². The highest BCUT2D eigenvalue weighted by molar-refractivity contribution is 6.33. The predicted molar refractivity (Wildman–Crippen MR) is 66.5 cm³/mol. The first kappa shape index (κ1) is 12.4. The van der Waals surface area contributed by atoms with Gasteiger partial charge in [0.25, 0.3) is 0 Å². The molecule has 0 aromatic heterocycles. The number of benzene rings is 1. The fraction of sp³-hybridized carbons (Fsp3) is 0.500. The summed E-state index contributed by atoms with van der Waals surface area (Å²) in [6.07, 6.45) is 2.56. The molecule has 0 radical (unpaired) electrons. The van der Waals surface area contributed by atoms with Gasteiger partial charge < -0.3 is 14.7 Å². The summed E-state index contributed by atoms with van der Waals surface area (Å²) in [6, 6.07) is 7.88. The fourth-order valence-electron chi connectivity index (χ4n) is 2.29. The van der Waals surface area contributed by atoms with Crippen LogP contribution in [0.2, 0.25) is 0 Å². The molecule has 17 heavy (non-hydrogen) atoms. The summed E-state index contributed by atoms with van der Waals surface area (Å²) in [5.41, 5.74) is 1.23. The van der Waals surface area contributed by atoms with Gasteiger partial charge in [-0.2, -0.15) is 0 Å². The Morgan fingerprint density at radius 2 is 1.76 bits per heavy atom. The molecule has 1 saturated heterocycles. The van der Waals surface area contributed by atoms with Crippen molar-refractivity contribution in [2.24, 2.45) is 0 Å². The van der Waals surface area contributed by atoms with Crippen LogP contribution in [0.25, 0.3) is 0 Å². The summed E-state index contributed by atoms with van der Waals surface area (Å²) in [6.45, 7) is 4.52. The summed E-state index contributed by atoms with van der Waals surface area (Å²) < 4.78 is 4.77. The third-order valence-corrected chi connectivity index (χ3v) is 3.29. The molecule has 1 aromatic carbocycles. The Hall–Kier alpha value is -1.04. The van der Waals surface area contributed by atoms with Crippen LogP contribution in [0, 0.1) is 0 Å². The van der Waals surface area contributed by atoms with E-state index in [-0.39, 0.29) is 0 Å². The van der Waals surface area contributed by atoms with Crippen LogP contribution in [0.5, 0.6) is 5.75 Å². The summed E-state index contributed by atoms with van der Waals surface area (Å²) in [5.74, 6) is 0.470. The molecule has 1 aliphatic heterocycles. The number of likely N-dealkylation sites (tertiary alicyclic amines) is 1. The monoisotopic (exact) mass is 235 g/mol. The lowest BCUT2D eigenvalue weighted by atomic mass is 10.1. The van der Waals surface area contributed by atoms with Crippen LogP contribution in [0.1, 0.15) is 31.4 Å². The van der Waals surface area contributed by atoms with E-state index in [4.69, 9.17) is 14.7 Å². The minimum Gasteiger partial charge on any atom is -0.512 e. The molecule has 0 spiro atoms. The first-order valence-corrected chi connectivity index (χ1v) is 6.03. The van der Waals surface area contributed by atoms with E-state index < -0.39 is 7.32 Å². The third kappa shape index (κ3) is 3.22. The molecule has 0 saturated carbocycles. The van der Waals surface area contributed by atoms with Gasteiger partial charge in [-0.05, 0) is 50.6 Å². The van der Waals surface area contributed by atoms with Crippen LogP contribution >= 0.6 is 0 Å². The minimum atomic E-state index is -1.75. The van der Waals surface area contributed by atoms with Crippen molar-refractivity contribution in [2.45, 2.75) is 25.8 Å². The van der Waals surface area contributed by atoms with E-state index in [2.05, 4.69) is 11.8 Å². The van der Waals surface area contributed by atoms with Crippen molar-refractivity contribution < 1.29 is 14.7 Å². The largest absolute Gasteiger partial charge is 0.707 e. The van der Waals surface area contributed by atoms with Crippen molar-refractivity contribution in [2.75, 3.05) is 13.1 Å². The summed E-state index contributed by atoms with van der Waals surface area (Å²) >= 11 is 0. The molecule has 1 heterocycles. The summed E-state index contributed by atoms with van der Waals surface area (Å²) in [7, 11) is -1.75. The Bertz CT molecular complexity index is 349. The lowest BCUT2D eigenvalue weighted by Gasteiger charge is -2.24. The predicted octanol–water partition coefficient (Wildman–Crippen LogP) is 1.19. The summed E-state index contributed by atoms with van der Waals surface area (Å²) in [5, 5.41) is 17.4. The number of hydrogen-bond donors (Lipinski definition) is 2. The Morgan fingerprint density at radius 1 is 1.18 bits per heavy atom. The van der Waals surface area contributed by atoms with Crippen LogP contribution in [0.4, 0.5) is 0 Å². The highest BCUT2D eigenvalue weighted by Gasteiger charge is 2.19. The van der Waals surface area contributed by atoms with Crippen LogP contribution in [-0.4, -0.2) is 35.4 Å². The zero-order valence-electron chi connectivity index (χ0n) is 10.0. The highest BCUT2D eigenvalue weighted by atomic mass is 16.6. The number of nitrogens with zero attached hydrogens (tertiary/aromatic N) is 1. The Labute approximate surface area is 102 Å². The van der Waals surface area contributed by atoms with Gasteiger partial charge in [-0.25, -0.2) is 0 Å². The van der Waals surface area contributed by atoms with E-state index in [9.17, 15) is 0 Å². The fourth-order valence-corrected chi connectivity index (χ4v) is 2.29. The molecule has 1 unspecified atom stereocenters. The standard InChI is InChI=1S/C12H18BNO3/c1-10(14-8-2-3-9-14)11-4-6-12(7-5-11)17-13(15)16/h4-7,10,15-16H,2-3,8-9H2,1H3. The zero-order chi connectivity index (χ0) is 12.3. The average molecular weight is 235 g/mol. The van der Waals surface area contributed by atoms with Gasteiger partial charge in [0.15, 0.2) is 0 Å². The second kappa shape index (κ2) is 5.53. The zero-order valence-corrected chi connectivity index (χ0v) is 10.0. The normalized spacial score (nSPS) is 18.1. The van der Waals surface area contributed by atoms with Crippen molar-refractivity contribution in [3.05, 3.63) is 29.8 Å². The van der Waals surface area contributed by atoms with Gasteiger partial charge in [0.1, 0.15) is 5.75 Å². The van der Waals surface area contributed by atoms with E-state index in [1.807, 2.05) is 12.1 Å². The molecule has 1 aliphatic rings. The maximum Gasteiger partial charge on any atom is 0.707 e. The lowest BCUT2D eigenvalue weighted by molar-refractivity contribution is 0.263. The van der Waals surface area contributed by atoms with Gasteiger partial charge in [0.05, 0.1) is 0 Å². The van der Waals surface area contributed by atoms with Gasteiger partial charge in [-0.1, -0.05) is 12.1 Å². The molecule has 1 aromatic rings. The van der Waals surface area contributed by atoms with E-state index in [0.717, 1.165) is 13.1 Å². The number of rotatable bonds is 4. The molecular weight excluding hydrogens is 217 g/mol. The van der Waals surface area contributed by atoms with Crippen molar-refractivity contribution in [3.63, 3.8) is 0 Å². The first-order valence-electron chi connectivity index (χ1n) is 6.03. The highest BCUT2D eigenvalue weighted by Crippen LogP contribution is 2.25. The van der Waals surface area contributed by atoms with Crippen LogP contribution in [-0.2, 0) is 0 Å². The van der Waals surface area contributed by atoms with E-state index in [1.54, 1.807) is 12.1 Å². The topological polar surface area (TPSA) is 52.9 Å². The van der Waals surface area contributed by atoms with Gasteiger partial charge in [-0.3, -0.25) is 4.90 Å². The number of hydrogen-bond acceptors (Lipinski definition) is 4. The van der Waals surface area contributed by atoms with Gasteiger partial charge in [0.2, 0.25) is 0 Å². The molecule has 1 fully saturated rings. The second-order valence-corrected chi connectivity index (χ2v) is 4.43.